The van der Waals surface area contributed by atoms with Crippen LogP contribution in [0, 0.1) is 5.92 Å². The lowest BCUT2D eigenvalue weighted by molar-refractivity contribution is -0.125. The molecule has 1 fully saturated rings. The smallest absolute Gasteiger partial charge is 0.226 e. The van der Waals surface area contributed by atoms with Gasteiger partial charge in [0.15, 0.2) is 0 Å². The Morgan fingerprint density at radius 1 is 1.07 bits per heavy atom. The van der Waals surface area contributed by atoms with Crippen LogP contribution in [-0.4, -0.2) is 35.5 Å². The Balaban J connectivity index is 1.27. The van der Waals surface area contributed by atoms with E-state index < -0.39 is 0 Å². The van der Waals surface area contributed by atoms with Gasteiger partial charge >= 0.3 is 0 Å². The van der Waals surface area contributed by atoms with Gasteiger partial charge in [-0.25, -0.2) is 9.97 Å². The molecule has 142 valence electrons. The van der Waals surface area contributed by atoms with Crippen LogP contribution >= 0.6 is 11.6 Å². The summed E-state index contributed by atoms with van der Waals surface area (Å²) < 4.78 is 0. The van der Waals surface area contributed by atoms with Crippen LogP contribution in [0.1, 0.15) is 5.56 Å². The molecular formula is C22H21ClN4O. The summed E-state index contributed by atoms with van der Waals surface area (Å²) >= 11 is 5.89. The van der Waals surface area contributed by atoms with E-state index in [4.69, 9.17) is 11.6 Å². The molecule has 0 atom stereocenters. The maximum absolute atomic E-state index is 12.3. The minimum atomic E-state index is 0.000332. The van der Waals surface area contributed by atoms with Gasteiger partial charge in [0.05, 0.1) is 11.6 Å². The highest BCUT2D eigenvalue weighted by molar-refractivity contribution is 6.30. The molecule has 0 aliphatic carbocycles. The van der Waals surface area contributed by atoms with E-state index in [0.29, 0.717) is 19.6 Å². The first-order chi connectivity index (χ1) is 13.7. The van der Waals surface area contributed by atoms with E-state index in [1.807, 2.05) is 60.7 Å². The molecule has 28 heavy (non-hydrogen) atoms. The summed E-state index contributed by atoms with van der Waals surface area (Å²) in [6.07, 6.45) is 2.38. The van der Waals surface area contributed by atoms with Gasteiger partial charge in [-0.15, -0.1) is 0 Å². The van der Waals surface area contributed by atoms with Gasteiger partial charge in [-0.2, -0.15) is 0 Å². The molecule has 5 nitrogen and oxygen atoms in total. The van der Waals surface area contributed by atoms with Gasteiger partial charge in [0.2, 0.25) is 5.91 Å². The summed E-state index contributed by atoms with van der Waals surface area (Å²) in [4.78, 5) is 23.2. The monoisotopic (exact) mass is 392 g/mol. The van der Waals surface area contributed by atoms with Crippen molar-refractivity contribution >= 4 is 23.3 Å². The fourth-order valence-electron chi connectivity index (χ4n) is 3.24. The van der Waals surface area contributed by atoms with E-state index in [1.165, 1.54) is 0 Å². The van der Waals surface area contributed by atoms with Crippen LogP contribution in [0.2, 0.25) is 5.02 Å². The molecule has 1 N–H and O–H groups in total. The van der Waals surface area contributed by atoms with Crippen molar-refractivity contribution in [2.24, 2.45) is 5.92 Å². The van der Waals surface area contributed by atoms with Crippen molar-refractivity contribution in [3.63, 3.8) is 0 Å². The Bertz CT molecular complexity index is 940. The molecule has 0 spiro atoms. The van der Waals surface area contributed by atoms with Crippen molar-refractivity contribution in [3.05, 3.63) is 77.6 Å². The Kier molecular flexibility index (Phi) is 5.53. The van der Waals surface area contributed by atoms with Crippen LogP contribution in [0.3, 0.4) is 0 Å². The van der Waals surface area contributed by atoms with E-state index in [9.17, 15) is 4.79 Å². The summed E-state index contributed by atoms with van der Waals surface area (Å²) in [6.45, 7) is 1.98. The predicted molar refractivity (Wildman–Crippen MR) is 111 cm³/mol. The molecule has 3 aromatic rings. The number of carbonyl (C=O) groups excluding carboxylic acids is 1. The Morgan fingerprint density at radius 3 is 2.57 bits per heavy atom. The zero-order valence-corrected chi connectivity index (χ0v) is 16.1. The molecule has 0 saturated carbocycles. The second kappa shape index (κ2) is 8.40. The van der Waals surface area contributed by atoms with Crippen molar-refractivity contribution in [1.29, 1.82) is 0 Å². The van der Waals surface area contributed by atoms with Crippen LogP contribution in [0.5, 0.6) is 0 Å². The van der Waals surface area contributed by atoms with Gasteiger partial charge in [0, 0.05) is 36.3 Å². The molecule has 0 bridgehead atoms. The van der Waals surface area contributed by atoms with Crippen LogP contribution in [0.15, 0.2) is 67.0 Å². The first-order valence-electron chi connectivity index (χ1n) is 9.33. The van der Waals surface area contributed by atoms with Crippen LogP contribution in [0.4, 0.5) is 5.82 Å². The zero-order chi connectivity index (χ0) is 19.3. The lowest BCUT2D eigenvalue weighted by Crippen LogP contribution is -2.54. The molecule has 0 unspecified atom stereocenters. The van der Waals surface area contributed by atoms with E-state index in [0.717, 1.165) is 34.1 Å². The highest BCUT2D eigenvalue weighted by atomic mass is 35.5. The zero-order valence-electron chi connectivity index (χ0n) is 15.4. The van der Waals surface area contributed by atoms with Gasteiger partial charge in [0.25, 0.3) is 0 Å². The summed E-state index contributed by atoms with van der Waals surface area (Å²) in [5, 5.41) is 3.75. The van der Waals surface area contributed by atoms with Crippen LogP contribution in [0.25, 0.3) is 11.3 Å². The number of carbonyl (C=O) groups is 1. The third-order valence-corrected chi connectivity index (χ3v) is 5.18. The van der Waals surface area contributed by atoms with Gasteiger partial charge in [-0.3, -0.25) is 4.79 Å². The van der Waals surface area contributed by atoms with Gasteiger partial charge in [0.1, 0.15) is 12.1 Å². The number of amides is 1. The Labute approximate surface area is 169 Å². The van der Waals surface area contributed by atoms with E-state index in [1.54, 1.807) is 6.33 Å². The van der Waals surface area contributed by atoms with E-state index in [2.05, 4.69) is 20.2 Å². The maximum atomic E-state index is 12.3. The van der Waals surface area contributed by atoms with Crippen molar-refractivity contribution in [3.8, 4) is 11.3 Å². The fraction of sp³-hybridized carbons (Fsp3) is 0.227. The summed E-state index contributed by atoms with van der Waals surface area (Å²) in [7, 11) is 0. The van der Waals surface area contributed by atoms with Crippen LogP contribution in [-0.2, 0) is 11.2 Å². The van der Waals surface area contributed by atoms with Gasteiger partial charge in [-0.1, -0.05) is 54.1 Å². The highest BCUT2D eigenvalue weighted by Gasteiger charge is 2.33. The molecule has 2 heterocycles. The van der Waals surface area contributed by atoms with E-state index in [-0.39, 0.29) is 11.8 Å². The minimum absolute atomic E-state index is 0.000332. The average molecular weight is 393 g/mol. The number of anilines is 1. The quantitative estimate of drug-likeness (QED) is 0.696. The number of hydrogen-bond donors (Lipinski definition) is 1. The normalized spacial score (nSPS) is 13.8. The first kappa shape index (κ1) is 18.4. The highest BCUT2D eigenvalue weighted by Crippen LogP contribution is 2.26. The fourth-order valence-corrected chi connectivity index (χ4v) is 3.37. The lowest BCUT2D eigenvalue weighted by atomic mass is 9.99. The topological polar surface area (TPSA) is 58.1 Å². The van der Waals surface area contributed by atoms with E-state index >= 15 is 0 Å². The molecule has 6 heteroatoms. The molecular weight excluding hydrogens is 372 g/mol. The number of halogens is 1. The molecule has 0 radical (unpaired) electrons. The predicted octanol–water partition coefficient (Wildman–Crippen LogP) is 3.59. The minimum Gasteiger partial charge on any atom is -0.355 e. The standard InChI is InChI=1S/C22H21ClN4O/c23-19-8-6-16(7-9-19)10-11-24-22(28)18-13-27(14-18)21-12-20(25-15-26-21)17-4-2-1-3-5-17/h1-9,12,15,18H,10-11,13-14H2,(H,24,28). The number of hydrogen-bond acceptors (Lipinski definition) is 4. The Hall–Kier alpha value is -2.92. The molecule has 1 aromatic heterocycles. The number of nitrogens with one attached hydrogen (secondary N) is 1. The Morgan fingerprint density at radius 2 is 1.82 bits per heavy atom. The molecule has 1 amide bonds. The van der Waals surface area contributed by atoms with Crippen molar-refractivity contribution in [2.75, 3.05) is 24.5 Å². The second-order valence-corrected chi connectivity index (χ2v) is 7.33. The van der Waals surface area contributed by atoms with Gasteiger partial charge < -0.3 is 10.2 Å². The van der Waals surface area contributed by atoms with Crippen LogP contribution < -0.4 is 10.2 Å². The third-order valence-electron chi connectivity index (χ3n) is 4.92. The SMILES string of the molecule is O=C(NCCc1ccc(Cl)cc1)C1CN(c2cc(-c3ccccc3)ncn2)C1. The molecule has 1 aliphatic heterocycles. The first-order valence-corrected chi connectivity index (χ1v) is 9.71. The number of benzene rings is 2. The second-order valence-electron chi connectivity index (χ2n) is 6.90. The molecule has 1 saturated heterocycles. The maximum Gasteiger partial charge on any atom is 0.226 e. The summed E-state index contributed by atoms with van der Waals surface area (Å²) in [5.41, 5.74) is 3.11. The molecule has 1 aliphatic rings. The van der Waals surface area contributed by atoms with Crippen molar-refractivity contribution in [2.45, 2.75) is 6.42 Å². The number of nitrogens with zero attached hydrogens (tertiary/aromatic N) is 3. The summed E-state index contributed by atoms with van der Waals surface area (Å²) in [6, 6.07) is 19.7. The summed E-state index contributed by atoms with van der Waals surface area (Å²) in [5.74, 6) is 0.960. The molecule has 2 aromatic carbocycles. The largest absolute Gasteiger partial charge is 0.355 e. The molecule has 4 rings (SSSR count). The van der Waals surface area contributed by atoms with Gasteiger partial charge in [-0.05, 0) is 24.1 Å². The van der Waals surface area contributed by atoms with Crippen molar-refractivity contribution < 1.29 is 4.79 Å². The average Bonchev–Trinajstić information content (AvgIpc) is 2.69. The number of rotatable bonds is 6. The lowest BCUT2D eigenvalue weighted by Gasteiger charge is -2.39. The third kappa shape index (κ3) is 4.31. The van der Waals surface area contributed by atoms with Crippen molar-refractivity contribution in [1.82, 2.24) is 15.3 Å². The number of aromatic nitrogens is 2.